The Morgan fingerprint density at radius 1 is 1.12 bits per heavy atom. The lowest BCUT2D eigenvalue weighted by Crippen LogP contribution is -2.45. The second-order valence-corrected chi connectivity index (χ2v) is 12.4. The van der Waals surface area contributed by atoms with Gasteiger partial charge in [0.2, 0.25) is 10.0 Å². The SMILES string of the molecule is COc1ccc(S(=O)(=O)N[C@H](CNc2nc(C)nc(N3CCC(c4ccc5c(n4)NCCC5)CC3)c2C)C(=O)O)cc1. The zero-order valence-corrected chi connectivity index (χ0v) is 24.9. The summed E-state index contributed by atoms with van der Waals surface area (Å²) < 4.78 is 33.1. The van der Waals surface area contributed by atoms with Gasteiger partial charge in [-0.15, -0.1) is 0 Å². The maximum atomic E-state index is 12.9. The predicted octanol–water partition coefficient (Wildman–Crippen LogP) is 3.08. The molecule has 1 aromatic carbocycles. The summed E-state index contributed by atoms with van der Waals surface area (Å²) in [4.78, 5) is 28.3. The van der Waals surface area contributed by atoms with Crippen LogP contribution in [-0.4, -0.2) is 73.8 Å². The van der Waals surface area contributed by atoms with Crippen molar-refractivity contribution in [3.8, 4) is 5.75 Å². The number of rotatable bonds is 10. The molecule has 0 saturated carbocycles. The number of fused-ring (bicyclic) bond motifs is 1. The van der Waals surface area contributed by atoms with Crippen LogP contribution in [0.4, 0.5) is 17.5 Å². The molecule has 2 aliphatic rings. The number of methoxy groups -OCH3 is 1. The third kappa shape index (κ3) is 6.57. The van der Waals surface area contributed by atoms with E-state index in [1.807, 2.05) is 6.92 Å². The monoisotopic (exact) mass is 595 g/mol. The van der Waals surface area contributed by atoms with Crippen LogP contribution < -0.4 is 25.0 Å². The van der Waals surface area contributed by atoms with Gasteiger partial charge >= 0.3 is 5.97 Å². The minimum Gasteiger partial charge on any atom is -0.497 e. The van der Waals surface area contributed by atoms with Crippen molar-refractivity contribution in [2.24, 2.45) is 0 Å². The molecule has 13 heteroatoms. The number of aryl methyl sites for hydroxylation is 2. The molecule has 5 rings (SSSR count). The predicted molar refractivity (Wildman–Crippen MR) is 160 cm³/mol. The number of aliphatic carboxylic acids is 1. The second-order valence-electron chi connectivity index (χ2n) is 10.7. The van der Waals surface area contributed by atoms with Crippen molar-refractivity contribution < 1.29 is 23.1 Å². The van der Waals surface area contributed by atoms with E-state index in [-0.39, 0.29) is 11.4 Å². The molecule has 0 spiro atoms. The summed E-state index contributed by atoms with van der Waals surface area (Å²) in [5.41, 5.74) is 3.18. The van der Waals surface area contributed by atoms with Crippen LogP contribution in [0.2, 0.25) is 0 Å². The number of carboxylic acids is 1. The Balaban J connectivity index is 1.25. The Morgan fingerprint density at radius 3 is 2.55 bits per heavy atom. The molecule has 0 aliphatic carbocycles. The van der Waals surface area contributed by atoms with E-state index in [1.54, 1.807) is 6.92 Å². The average Bonchev–Trinajstić information content (AvgIpc) is 3.00. The normalized spacial score (nSPS) is 16.3. The van der Waals surface area contributed by atoms with E-state index in [0.29, 0.717) is 23.3 Å². The summed E-state index contributed by atoms with van der Waals surface area (Å²) in [6, 6.07) is 8.66. The molecule has 1 atom stereocenters. The first kappa shape index (κ1) is 29.5. The van der Waals surface area contributed by atoms with Gasteiger partial charge in [-0.2, -0.15) is 4.72 Å². The van der Waals surface area contributed by atoms with Gasteiger partial charge in [0.15, 0.2) is 0 Å². The Bertz CT molecular complexity index is 1540. The molecule has 0 amide bonds. The fourth-order valence-electron chi connectivity index (χ4n) is 5.44. The number of ether oxygens (including phenoxy) is 1. The largest absolute Gasteiger partial charge is 0.497 e. The van der Waals surface area contributed by atoms with E-state index >= 15 is 0 Å². The summed E-state index contributed by atoms with van der Waals surface area (Å²) in [6.45, 7) is 6.02. The lowest BCUT2D eigenvalue weighted by molar-refractivity contribution is -0.138. The van der Waals surface area contributed by atoms with Crippen LogP contribution >= 0.6 is 0 Å². The Hall–Kier alpha value is -3.97. The zero-order chi connectivity index (χ0) is 29.9. The van der Waals surface area contributed by atoms with Gasteiger partial charge in [0.05, 0.1) is 12.0 Å². The third-order valence-electron chi connectivity index (χ3n) is 7.80. The van der Waals surface area contributed by atoms with Crippen molar-refractivity contribution in [2.45, 2.75) is 56.4 Å². The van der Waals surface area contributed by atoms with Crippen LogP contribution in [0.3, 0.4) is 0 Å². The van der Waals surface area contributed by atoms with Crippen molar-refractivity contribution in [1.82, 2.24) is 19.7 Å². The molecule has 0 radical (unpaired) electrons. The fraction of sp³-hybridized carbons (Fsp3) is 0.448. The Labute approximate surface area is 246 Å². The first-order chi connectivity index (χ1) is 20.1. The minimum absolute atomic E-state index is 0.0591. The number of hydrogen-bond acceptors (Lipinski definition) is 10. The molecule has 2 aliphatic heterocycles. The van der Waals surface area contributed by atoms with E-state index in [2.05, 4.69) is 37.4 Å². The highest BCUT2D eigenvalue weighted by Gasteiger charge is 2.28. The molecule has 2 aromatic heterocycles. The molecule has 1 fully saturated rings. The number of nitrogens with one attached hydrogen (secondary N) is 3. The third-order valence-corrected chi connectivity index (χ3v) is 9.29. The number of hydrogen-bond donors (Lipinski definition) is 4. The zero-order valence-electron chi connectivity index (χ0n) is 24.1. The maximum absolute atomic E-state index is 12.9. The summed E-state index contributed by atoms with van der Waals surface area (Å²) >= 11 is 0. The smallest absolute Gasteiger partial charge is 0.323 e. The lowest BCUT2D eigenvalue weighted by atomic mass is 9.92. The first-order valence-electron chi connectivity index (χ1n) is 14.1. The Morgan fingerprint density at radius 2 is 1.86 bits per heavy atom. The average molecular weight is 596 g/mol. The summed E-state index contributed by atoms with van der Waals surface area (Å²) in [7, 11) is -2.61. The van der Waals surface area contributed by atoms with Crippen molar-refractivity contribution in [1.29, 1.82) is 0 Å². The van der Waals surface area contributed by atoms with Gasteiger partial charge in [-0.05, 0) is 75.4 Å². The molecule has 3 aromatic rings. The number of piperidine rings is 1. The van der Waals surface area contributed by atoms with Crippen molar-refractivity contribution >= 4 is 33.4 Å². The molecule has 42 heavy (non-hydrogen) atoms. The van der Waals surface area contributed by atoms with Gasteiger partial charge < -0.3 is 25.4 Å². The lowest BCUT2D eigenvalue weighted by Gasteiger charge is -2.34. The van der Waals surface area contributed by atoms with E-state index in [4.69, 9.17) is 14.7 Å². The van der Waals surface area contributed by atoms with Crippen LogP contribution in [0, 0.1) is 13.8 Å². The highest BCUT2D eigenvalue weighted by Crippen LogP contribution is 2.33. The molecule has 4 heterocycles. The summed E-state index contributed by atoms with van der Waals surface area (Å²) in [6.07, 6.45) is 4.08. The van der Waals surface area contributed by atoms with Gasteiger partial charge in [-0.25, -0.2) is 23.4 Å². The number of carboxylic acid groups (broad SMARTS) is 1. The van der Waals surface area contributed by atoms with Crippen LogP contribution in [-0.2, 0) is 21.2 Å². The van der Waals surface area contributed by atoms with Crippen LogP contribution in [0.15, 0.2) is 41.3 Å². The molecule has 0 unspecified atom stereocenters. The maximum Gasteiger partial charge on any atom is 0.323 e. The molecular formula is C29H37N7O5S. The minimum atomic E-state index is -4.09. The first-order valence-corrected chi connectivity index (χ1v) is 15.6. The number of anilines is 3. The Kier molecular flexibility index (Phi) is 8.78. The van der Waals surface area contributed by atoms with Crippen molar-refractivity contribution in [2.75, 3.05) is 48.8 Å². The number of sulfonamides is 1. The van der Waals surface area contributed by atoms with Crippen LogP contribution in [0.25, 0.3) is 0 Å². The van der Waals surface area contributed by atoms with Gasteiger partial charge in [-0.3, -0.25) is 4.79 Å². The van der Waals surface area contributed by atoms with Crippen LogP contribution in [0.5, 0.6) is 5.75 Å². The molecule has 12 nitrogen and oxygen atoms in total. The topological polar surface area (TPSA) is 159 Å². The van der Waals surface area contributed by atoms with E-state index in [0.717, 1.165) is 68.2 Å². The van der Waals surface area contributed by atoms with Gasteiger partial charge in [0, 0.05) is 43.4 Å². The molecule has 1 saturated heterocycles. The standard InChI is InChI=1S/C29H37N7O5S/c1-18-26(31-17-25(29(37)38)35-42(39,40)23-9-7-22(41-3)8-10-23)32-19(2)33-28(18)36-15-12-20(13-16-36)24-11-6-21-5-4-14-30-27(21)34-24/h6-11,20,25,35H,4-5,12-17H2,1-3H3,(H,30,34)(H,37,38)(H,31,32,33)/t25-/m1/s1. The molecular weight excluding hydrogens is 558 g/mol. The summed E-state index contributed by atoms with van der Waals surface area (Å²) in [5, 5.41) is 16.2. The van der Waals surface area contributed by atoms with Gasteiger partial charge in [0.1, 0.15) is 35.1 Å². The molecule has 0 bridgehead atoms. The fourth-order valence-corrected chi connectivity index (χ4v) is 6.63. The van der Waals surface area contributed by atoms with E-state index in [1.165, 1.54) is 36.9 Å². The van der Waals surface area contributed by atoms with Crippen LogP contribution in [0.1, 0.15) is 47.8 Å². The van der Waals surface area contributed by atoms with Crippen molar-refractivity contribution in [3.05, 3.63) is 59.0 Å². The van der Waals surface area contributed by atoms with Gasteiger partial charge in [-0.1, -0.05) is 6.07 Å². The number of benzene rings is 1. The second kappa shape index (κ2) is 12.5. The van der Waals surface area contributed by atoms with E-state index in [9.17, 15) is 18.3 Å². The number of aromatic nitrogens is 3. The number of nitrogens with zero attached hydrogens (tertiary/aromatic N) is 4. The van der Waals surface area contributed by atoms with E-state index < -0.39 is 22.0 Å². The highest BCUT2D eigenvalue weighted by atomic mass is 32.2. The van der Waals surface area contributed by atoms with Gasteiger partial charge in [0.25, 0.3) is 0 Å². The highest BCUT2D eigenvalue weighted by molar-refractivity contribution is 7.89. The molecule has 224 valence electrons. The number of pyridine rings is 1. The number of carbonyl (C=O) groups is 1. The summed E-state index contributed by atoms with van der Waals surface area (Å²) in [5.74, 6) is 2.36. The quantitative estimate of drug-likeness (QED) is 0.273. The molecule has 4 N–H and O–H groups in total. The van der Waals surface area contributed by atoms with Crippen molar-refractivity contribution in [3.63, 3.8) is 0 Å².